The number of nitrogens with zero attached hydrogens (tertiary/aromatic N) is 1. The van der Waals surface area contributed by atoms with Crippen molar-refractivity contribution < 1.29 is 28.9 Å². The van der Waals surface area contributed by atoms with Crippen LogP contribution < -0.4 is 4.74 Å². The number of hydrogen-bond acceptors (Lipinski definition) is 5. The van der Waals surface area contributed by atoms with Crippen molar-refractivity contribution in [2.75, 3.05) is 40.0 Å². The average molecular weight is 337 g/mol. The van der Waals surface area contributed by atoms with Crippen molar-refractivity contribution >= 4 is 11.9 Å². The van der Waals surface area contributed by atoms with Crippen molar-refractivity contribution in [3.05, 3.63) is 29.8 Å². The van der Waals surface area contributed by atoms with Gasteiger partial charge in [-0.3, -0.25) is 9.59 Å². The smallest absolute Gasteiger partial charge is 0.323 e. The third-order valence-electron chi connectivity index (χ3n) is 3.74. The second kappa shape index (κ2) is 9.24. The molecule has 24 heavy (non-hydrogen) atoms. The maximum absolute atomic E-state index is 12.4. The molecule has 0 radical (unpaired) electrons. The minimum absolute atomic E-state index is 0.131. The standard InChI is InChI=1S/C17H23NO6/c1-22-10-8-18(11-16(19)20)17(21)13-4-6-14(7-5-13)24-12-15-3-2-9-23-15/h4-7,15H,2-3,8-12H2,1H3,(H,19,20). The molecule has 1 N–H and O–H groups in total. The average Bonchev–Trinajstić information content (AvgIpc) is 3.10. The predicted molar refractivity (Wildman–Crippen MR) is 86.3 cm³/mol. The summed E-state index contributed by atoms with van der Waals surface area (Å²) >= 11 is 0. The number of carbonyl (C=O) groups is 2. The molecular formula is C17H23NO6. The van der Waals surface area contributed by atoms with E-state index >= 15 is 0 Å². The second-order valence-electron chi connectivity index (χ2n) is 5.58. The zero-order valence-corrected chi connectivity index (χ0v) is 13.8. The summed E-state index contributed by atoms with van der Waals surface area (Å²) < 4.78 is 16.1. The van der Waals surface area contributed by atoms with Crippen LogP contribution in [0.1, 0.15) is 23.2 Å². The molecule has 1 saturated heterocycles. The van der Waals surface area contributed by atoms with Gasteiger partial charge in [0, 0.05) is 25.8 Å². The van der Waals surface area contributed by atoms with Crippen molar-refractivity contribution in [3.8, 4) is 5.75 Å². The first kappa shape index (κ1) is 18.2. The van der Waals surface area contributed by atoms with Gasteiger partial charge in [-0.15, -0.1) is 0 Å². The summed E-state index contributed by atoms with van der Waals surface area (Å²) in [4.78, 5) is 24.6. The number of aliphatic carboxylic acids is 1. The fourth-order valence-electron chi connectivity index (χ4n) is 2.46. The summed E-state index contributed by atoms with van der Waals surface area (Å²) in [6.07, 6.45) is 2.19. The van der Waals surface area contributed by atoms with Gasteiger partial charge in [-0.25, -0.2) is 0 Å². The topological polar surface area (TPSA) is 85.3 Å². The zero-order chi connectivity index (χ0) is 17.4. The van der Waals surface area contributed by atoms with Crippen molar-refractivity contribution in [2.24, 2.45) is 0 Å². The van der Waals surface area contributed by atoms with Gasteiger partial charge in [0.25, 0.3) is 5.91 Å². The molecule has 0 aromatic heterocycles. The summed E-state index contributed by atoms with van der Waals surface area (Å²) in [6, 6.07) is 6.68. The number of amides is 1. The van der Waals surface area contributed by atoms with Crippen LogP contribution in [0, 0.1) is 0 Å². The number of carboxylic acids is 1. The summed E-state index contributed by atoms with van der Waals surface area (Å²) in [6.45, 7) is 1.41. The summed E-state index contributed by atoms with van der Waals surface area (Å²) in [5.74, 6) is -0.750. The molecule has 1 heterocycles. The Labute approximate surface area is 141 Å². The van der Waals surface area contributed by atoms with E-state index in [1.165, 1.54) is 12.0 Å². The zero-order valence-electron chi connectivity index (χ0n) is 13.8. The highest BCUT2D eigenvalue weighted by Crippen LogP contribution is 2.17. The van der Waals surface area contributed by atoms with E-state index in [1.54, 1.807) is 24.3 Å². The van der Waals surface area contributed by atoms with E-state index in [2.05, 4.69) is 0 Å². The number of carbonyl (C=O) groups excluding carboxylic acids is 1. The van der Waals surface area contributed by atoms with Crippen LogP contribution in [0.2, 0.25) is 0 Å². The van der Waals surface area contributed by atoms with Crippen LogP contribution in [0.25, 0.3) is 0 Å². The molecule has 1 aliphatic heterocycles. The van der Waals surface area contributed by atoms with Gasteiger partial charge in [-0.1, -0.05) is 0 Å². The van der Waals surface area contributed by atoms with Gasteiger partial charge >= 0.3 is 5.97 Å². The normalized spacial score (nSPS) is 16.8. The summed E-state index contributed by atoms with van der Waals surface area (Å²) in [5.41, 5.74) is 0.414. The molecule has 7 nitrogen and oxygen atoms in total. The molecule has 2 rings (SSSR count). The molecule has 1 aromatic rings. The van der Waals surface area contributed by atoms with Crippen LogP contribution in [0.5, 0.6) is 5.75 Å². The van der Waals surface area contributed by atoms with Crippen molar-refractivity contribution in [3.63, 3.8) is 0 Å². The van der Waals surface area contributed by atoms with Gasteiger partial charge in [0.05, 0.1) is 12.7 Å². The first-order valence-electron chi connectivity index (χ1n) is 7.94. The van der Waals surface area contributed by atoms with Crippen molar-refractivity contribution in [1.82, 2.24) is 4.90 Å². The van der Waals surface area contributed by atoms with Crippen LogP contribution in [0.3, 0.4) is 0 Å². The fraction of sp³-hybridized carbons (Fsp3) is 0.529. The maximum Gasteiger partial charge on any atom is 0.323 e. The summed E-state index contributed by atoms with van der Waals surface area (Å²) in [7, 11) is 1.50. The Kier molecular flexibility index (Phi) is 7.02. The molecule has 1 aromatic carbocycles. The Balaban J connectivity index is 1.93. The predicted octanol–water partition coefficient (Wildman–Crippen LogP) is 1.42. The van der Waals surface area contributed by atoms with Crippen LogP contribution in [0.4, 0.5) is 0 Å². The monoisotopic (exact) mass is 337 g/mol. The molecule has 0 spiro atoms. The SMILES string of the molecule is COCCN(CC(=O)O)C(=O)c1ccc(OCC2CCCO2)cc1. The first-order chi connectivity index (χ1) is 11.6. The Morgan fingerprint density at radius 1 is 1.33 bits per heavy atom. The Morgan fingerprint density at radius 2 is 2.08 bits per heavy atom. The molecule has 1 amide bonds. The number of ether oxygens (including phenoxy) is 3. The van der Waals surface area contributed by atoms with Crippen LogP contribution >= 0.6 is 0 Å². The van der Waals surface area contributed by atoms with Crippen LogP contribution in [0.15, 0.2) is 24.3 Å². The first-order valence-corrected chi connectivity index (χ1v) is 7.94. The van der Waals surface area contributed by atoms with E-state index < -0.39 is 5.97 Å². The van der Waals surface area contributed by atoms with E-state index in [4.69, 9.17) is 19.3 Å². The van der Waals surface area contributed by atoms with Gasteiger partial charge in [0.1, 0.15) is 18.9 Å². The Bertz CT molecular complexity index is 539. The van der Waals surface area contributed by atoms with Crippen LogP contribution in [-0.2, 0) is 14.3 Å². The lowest BCUT2D eigenvalue weighted by Crippen LogP contribution is -2.38. The van der Waals surface area contributed by atoms with Gasteiger partial charge in [0.15, 0.2) is 0 Å². The highest BCUT2D eigenvalue weighted by Gasteiger charge is 2.19. The van der Waals surface area contributed by atoms with Crippen LogP contribution in [-0.4, -0.2) is 68.0 Å². The van der Waals surface area contributed by atoms with E-state index in [9.17, 15) is 9.59 Å². The molecule has 0 saturated carbocycles. The third kappa shape index (κ3) is 5.50. The van der Waals surface area contributed by atoms with Crippen molar-refractivity contribution in [1.29, 1.82) is 0 Å². The molecule has 1 fully saturated rings. The Hall–Kier alpha value is -2.12. The molecule has 0 aliphatic carbocycles. The highest BCUT2D eigenvalue weighted by atomic mass is 16.5. The highest BCUT2D eigenvalue weighted by molar-refractivity contribution is 5.95. The molecule has 1 unspecified atom stereocenters. The van der Waals surface area contributed by atoms with Gasteiger partial charge < -0.3 is 24.2 Å². The lowest BCUT2D eigenvalue weighted by Gasteiger charge is -2.20. The molecule has 132 valence electrons. The third-order valence-corrected chi connectivity index (χ3v) is 3.74. The molecule has 7 heteroatoms. The lowest BCUT2D eigenvalue weighted by atomic mass is 10.2. The largest absolute Gasteiger partial charge is 0.491 e. The van der Waals surface area contributed by atoms with E-state index in [-0.39, 0.29) is 31.7 Å². The van der Waals surface area contributed by atoms with E-state index in [0.717, 1.165) is 19.4 Å². The number of methoxy groups -OCH3 is 1. The molecule has 1 aliphatic rings. The summed E-state index contributed by atoms with van der Waals surface area (Å²) in [5, 5.41) is 8.93. The number of benzene rings is 1. The van der Waals surface area contributed by atoms with Gasteiger partial charge in [-0.05, 0) is 37.1 Å². The minimum atomic E-state index is -1.06. The second-order valence-corrected chi connectivity index (χ2v) is 5.58. The number of hydrogen-bond donors (Lipinski definition) is 1. The quantitative estimate of drug-likeness (QED) is 0.733. The maximum atomic E-state index is 12.4. The fourth-order valence-corrected chi connectivity index (χ4v) is 2.46. The van der Waals surface area contributed by atoms with Crippen molar-refractivity contribution in [2.45, 2.75) is 18.9 Å². The molecule has 1 atom stereocenters. The van der Waals surface area contributed by atoms with Gasteiger partial charge in [-0.2, -0.15) is 0 Å². The number of rotatable bonds is 9. The lowest BCUT2D eigenvalue weighted by molar-refractivity contribution is -0.137. The molecule has 0 bridgehead atoms. The van der Waals surface area contributed by atoms with Gasteiger partial charge in [0.2, 0.25) is 0 Å². The minimum Gasteiger partial charge on any atom is -0.491 e. The Morgan fingerprint density at radius 3 is 2.67 bits per heavy atom. The number of carboxylic acid groups (broad SMARTS) is 1. The van der Waals surface area contributed by atoms with E-state index in [1.807, 2.05) is 0 Å². The van der Waals surface area contributed by atoms with E-state index in [0.29, 0.717) is 17.9 Å². The molecular weight excluding hydrogens is 314 g/mol.